The number of β-amino-alcohol motifs (C(OH)–C–C–N with tert-alkyl or cyclic N) is 1. The van der Waals surface area contributed by atoms with Crippen LogP contribution in [0, 0.1) is 0 Å². The van der Waals surface area contributed by atoms with Crippen LogP contribution in [0.2, 0.25) is 0 Å². The third-order valence-corrected chi connectivity index (χ3v) is 2.51. The third kappa shape index (κ3) is 2.94. The van der Waals surface area contributed by atoms with Crippen molar-refractivity contribution < 1.29 is 14.6 Å². The molecule has 3 N–H and O–H groups in total. The predicted molar refractivity (Wildman–Crippen MR) is 51.7 cm³/mol. The molecule has 82 valence electrons. The largest absolute Gasteiger partial charge is 0.391 e. The van der Waals surface area contributed by atoms with E-state index in [-0.39, 0.29) is 18.1 Å². The molecular formula is C9H18N2O3. The zero-order valence-corrected chi connectivity index (χ0v) is 8.48. The number of nitrogens with two attached hydrogens (primary N) is 1. The Hall–Kier alpha value is -0.650. The van der Waals surface area contributed by atoms with Crippen LogP contribution in [0.1, 0.15) is 12.8 Å². The van der Waals surface area contributed by atoms with Gasteiger partial charge in [0.15, 0.2) is 0 Å². The first-order chi connectivity index (χ1) is 6.67. The van der Waals surface area contributed by atoms with E-state index in [1.807, 2.05) is 0 Å². The summed E-state index contributed by atoms with van der Waals surface area (Å²) in [7, 11) is 1.55. The van der Waals surface area contributed by atoms with Crippen molar-refractivity contribution in [2.75, 3.05) is 26.7 Å². The second-order valence-electron chi connectivity index (χ2n) is 3.58. The molecule has 0 bridgehead atoms. The van der Waals surface area contributed by atoms with Crippen LogP contribution in [0.25, 0.3) is 0 Å². The van der Waals surface area contributed by atoms with Crippen LogP contribution in [-0.2, 0) is 9.53 Å². The van der Waals surface area contributed by atoms with E-state index in [2.05, 4.69) is 0 Å². The Bertz CT molecular complexity index is 194. The lowest BCUT2D eigenvalue weighted by atomic mass is 10.2. The van der Waals surface area contributed by atoms with E-state index in [0.29, 0.717) is 32.5 Å². The van der Waals surface area contributed by atoms with E-state index in [1.165, 1.54) is 0 Å². The summed E-state index contributed by atoms with van der Waals surface area (Å²) >= 11 is 0. The lowest BCUT2D eigenvalue weighted by Crippen LogP contribution is -2.35. The number of ether oxygens (including phenoxy) is 1. The molecule has 5 nitrogen and oxygen atoms in total. The quantitative estimate of drug-likeness (QED) is 0.609. The number of carbonyl (C=O) groups is 1. The number of methoxy groups -OCH3 is 1. The van der Waals surface area contributed by atoms with Gasteiger partial charge in [-0.05, 0) is 6.42 Å². The van der Waals surface area contributed by atoms with Gasteiger partial charge in [0.1, 0.15) is 0 Å². The maximum Gasteiger partial charge on any atom is 0.225 e. The minimum absolute atomic E-state index is 0.0128. The van der Waals surface area contributed by atoms with Crippen molar-refractivity contribution in [1.82, 2.24) is 4.90 Å². The van der Waals surface area contributed by atoms with Gasteiger partial charge >= 0.3 is 0 Å². The first-order valence-corrected chi connectivity index (χ1v) is 4.86. The molecule has 0 aliphatic carbocycles. The van der Waals surface area contributed by atoms with Crippen LogP contribution < -0.4 is 5.73 Å². The highest BCUT2D eigenvalue weighted by atomic mass is 16.5. The van der Waals surface area contributed by atoms with Gasteiger partial charge in [-0.25, -0.2) is 0 Å². The summed E-state index contributed by atoms with van der Waals surface area (Å²) in [6.45, 7) is 1.43. The van der Waals surface area contributed by atoms with Gasteiger partial charge in [-0.2, -0.15) is 0 Å². The molecule has 1 fully saturated rings. The van der Waals surface area contributed by atoms with Crippen LogP contribution in [0.3, 0.4) is 0 Å². The number of hydrogen-bond acceptors (Lipinski definition) is 4. The summed E-state index contributed by atoms with van der Waals surface area (Å²) in [6, 6.07) is 0. The number of hydrogen-bond donors (Lipinski definition) is 2. The van der Waals surface area contributed by atoms with Crippen molar-refractivity contribution in [2.45, 2.75) is 25.0 Å². The minimum Gasteiger partial charge on any atom is -0.391 e. The molecule has 2 atom stereocenters. The molecule has 1 heterocycles. The maximum atomic E-state index is 11.6. The average molecular weight is 202 g/mol. The molecule has 0 aromatic heterocycles. The summed E-state index contributed by atoms with van der Waals surface area (Å²) in [5, 5.41) is 9.25. The highest BCUT2D eigenvalue weighted by Crippen LogP contribution is 2.11. The molecular weight excluding hydrogens is 184 g/mol. The van der Waals surface area contributed by atoms with E-state index < -0.39 is 0 Å². The lowest BCUT2D eigenvalue weighted by Gasteiger charge is -2.18. The number of nitrogens with zero attached hydrogens (tertiary/aromatic N) is 1. The van der Waals surface area contributed by atoms with Gasteiger partial charge < -0.3 is 20.5 Å². The van der Waals surface area contributed by atoms with Gasteiger partial charge in [0.25, 0.3) is 0 Å². The monoisotopic (exact) mass is 202 g/mol. The van der Waals surface area contributed by atoms with Crippen LogP contribution in [0.4, 0.5) is 0 Å². The zero-order chi connectivity index (χ0) is 10.6. The number of rotatable bonds is 4. The zero-order valence-electron chi connectivity index (χ0n) is 8.48. The van der Waals surface area contributed by atoms with Crippen LogP contribution in [0.15, 0.2) is 0 Å². The van der Waals surface area contributed by atoms with Crippen molar-refractivity contribution in [3.63, 3.8) is 0 Å². The Balaban J connectivity index is 2.34. The predicted octanol–water partition coefficient (Wildman–Crippen LogP) is -1.06. The van der Waals surface area contributed by atoms with Gasteiger partial charge in [-0.3, -0.25) is 4.79 Å². The standard InChI is InChI=1S/C9H18N2O3/c1-14-8(5-10)4-9(13)11-3-2-7(12)6-11/h7-8,12H,2-6,10H2,1H3/t7-,8?/m0/s1. The Morgan fingerprint density at radius 2 is 2.50 bits per heavy atom. The Morgan fingerprint density at radius 1 is 1.79 bits per heavy atom. The molecule has 1 aliphatic rings. The fourth-order valence-corrected chi connectivity index (χ4v) is 1.56. The second-order valence-corrected chi connectivity index (χ2v) is 3.58. The molecule has 1 saturated heterocycles. The van der Waals surface area contributed by atoms with Crippen molar-refractivity contribution in [3.8, 4) is 0 Å². The van der Waals surface area contributed by atoms with Crippen molar-refractivity contribution >= 4 is 5.91 Å². The van der Waals surface area contributed by atoms with Crippen molar-refractivity contribution in [1.29, 1.82) is 0 Å². The molecule has 1 aliphatic heterocycles. The fourth-order valence-electron chi connectivity index (χ4n) is 1.56. The minimum atomic E-state index is -0.363. The van der Waals surface area contributed by atoms with E-state index in [4.69, 9.17) is 10.5 Å². The molecule has 0 aromatic rings. The topological polar surface area (TPSA) is 75.8 Å². The molecule has 0 aromatic carbocycles. The summed E-state index contributed by atoms with van der Waals surface area (Å²) in [6.07, 6.45) is 0.407. The van der Waals surface area contributed by atoms with Gasteiger partial charge in [-0.15, -0.1) is 0 Å². The summed E-state index contributed by atoms with van der Waals surface area (Å²) in [5.74, 6) is 0.0128. The van der Waals surface area contributed by atoms with Gasteiger partial charge in [0.05, 0.1) is 18.6 Å². The van der Waals surface area contributed by atoms with Gasteiger partial charge in [-0.1, -0.05) is 0 Å². The first kappa shape index (κ1) is 11.4. The summed E-state index contributed by atoms with van der Waals surface area (Å²) < 4.78 is 5.02. The van der Waals surface area contributed by atoms with E-state index >= 15 is 0 Å². The Morgan fingerprint density at radius 3 is 2.93 bits per heavy atom. The number of carbonyl (C=O) groups excluding carboxylic acids is 1. The molecule has 1 rings (SSSR count). The second kappa shape index (κ2) is 5.29. The molecule has 1 unspecified atom stereocenters. The van der Waals surface area contributed by atoms with Crippen LogP contribution in [0.5, 0.6) is 0 Å². The number of aliphatic hydroxyl groups is 1. The third-order valence-electron chi connectivity index (χ3n) is 2.51. The van der Waals surface area contributed by atoms with Gasteiger partial charge in [0.2, 0.25) is 5.91 Å². The van der Waals surface area contributed by atoms with E-state index in [9.17, 15) is 9.90 Å². The highest BCUT2D eigenvalue weighted by molar-refractivity contribution is 5.77. The van der Waals surface area contributed by atoms with E-state index in [1.54, 1.807) is 12.0 Å². The van der Waals surface area contributed by atoms with E-state index in [0.717, 1.165) is 0 Å². The molecule has 1 amide bonds. The fraction of sp³-hybridized carbons (Fsp3) is 0.889. The lowest BCUT2D eigenvalue weighted by molar-refractivity contribution is -0.132. The van der Waals surface area contributed by atoms with Crippen molar-refractivity contribution in [2.24, 2.45) is 5.73 Å². The van der Waals surface area contributed by atoms with Crippen LogP contribution >= 0.6 is 0 Å². The molecule has 5 heteroatoms. The highest BCUT2D eigenvalue weighted by Gasteiger charge is 2.25. The number of likely N-dealkylation sites (tertiary alicyclic amines) is 1. The van der Waals surface area contributed by atoms with Crippen molar-refractivity contribution in [3.05, 3.63) is 0 Å². The number of amides is 1. The average Bonchev–Trinajstić information content (AvgIpc) is 2.61. The van der Waals surface area contributed by atoms with Gasteiger partial charge in [0, 0.05) is 26.7 Å². The van der Waals surface area contributed by atoms with Crippen LogP contribution in [-0.4, -0.2) is 54.9 Å². The molecule has 14 heavy (non-hydrogen) atoms. The normalized spacial score (nSPS) is 23.9. The first-order valence-electron chi connectivity index (χ1n) is 4.86. The Labute approximate surface area is 83.8 Å². The SMILES string of the molecule is COC(CN)CC(=O)N1CC[C@H](O)C1. The maximum absolute atomic E-state index is 11.6. The Kier molecular flexibility index (Phi) is 4.31. The number of aliphatic hydroxyl groups excluding tert-OH is 1. The summed E-state index contributed by atoms with van der Waals surface area (Å²) in [5.41, 5.74) is 5.41. The smallest absolute Gasteiger partial charge is 0.225 e. The molecule has 0 radical (unpaired) electrons. The molecule has 0 spiro atoms. The molecule has 0 saturated carbocycles. The summed E-state index contributed by atoms with van der Waals surface area (Å²) in [4.78, 5) is 13.3.